The van der Waals surface area contributed by atoms with Crippen LogP contribution in [0.4, 0.5) is 0 Å². The van der Waals surface area contributed by atoms with Crippen molar-refractivity contribution in [1.29, 1.82) is 0 Å². The molecule has 0 bridgehead atoms. The first kappa shape index (κ1) is 28.3. The molecule has 0 saturated heterocycles. The third kappa shape index (κ3) is 4.32. The molecule has 0 atom stereocenters. The van der Waals surface area contributed by atoms with E-state index in [0.29, 0.717) is 5.95 Å². The molecule has 11 rings (SSSR count). The second-order valence-corrected chi connectivity index (χ2v) is 14.0. The Balaban J connectivity index is 1.30. The van der Waals surface area contributed by atoms with Gasteiger partial charge >= 0.3 is 0 Å². The summed E-state index contributed by atoms with van der Waals surface area (Å²) >= 11 is 1.84. The van der Waals surface area contributed by atoms with Crippen LogP contribution >= 0.6 is 11.3 Å². The van der Waals surface area contributed by atoms with Crippen LogP contribution in [-0.4, -0.2) is 14.5 Å². The summed E-state index contributed by atoms with van der Waals surface area (Å²) in [5, 5.41) is 6.94. The number of hydrogen-bond donors (Lipinski definition) is 0. The highest BCUT2D eigenvalue weighted by Crippen LogP contribution is 2.46. The van der Waals surface area contributed by atoms with Crippen LogP contribution in [0.5, 0.6) is 0 Å². The third-order valence-corrected chi connectivity index (χ3v) is 11.2. The van der Waals surface area contributed by atoms with Gasteiger partial charge in [-0.1, -0.05) is 121 Å². The minimum Gasteiger partial charge on any atom is -0.454 e. The van der Waals surface area contributed by atoms with Crippen molar-refractivity contribution in [1.82, 2.24) is 14.5 Å². The van der Waals surface area contributed by atoms with Crippen LogP contribution in [0.25, 0.3) is 104 Å². The molecule has 0 amide bonds. The zero-order valence-corrected chi connectivity index (χ0v) is 28.1. The van der Waals surface area contributed by atoms with Crippen molar-refractivity contribution in [3.63, 3.8) is 0 Å². The maximum absolute atomic E-state index is 6.82. The molecule has 0 aliphatic carbocycles. The normalized spacial score (nSPS) is 11.9. The van der Waals surface area contributed by atoms with Gasteiger partial charge in [-0.25, -0.2) is 9.97 Å². The number of rotatable bonds is 4. The van der Waals surface area contributed by atoms with Gasteiger partial charge in [0.1, 0.15) is 11.1 Å². The molecule has 0 aliphatic rings. The number of fused-ring (bicyclic) bond motifs is 10. The van der Waals surface area contributed by atoms with E-state index >= 15 is 0 Å². The van der Waals surface area contributed by atoms with Crippen LogP contribution in [-0.2, 0) is 0 Å². The van der Waals surface area contributed by atoms with Crippen molar-refractivity contribution < 1.29 is 4.42 Å². The lowest BCUT2D eigenvalue weighted by molar-refractivity contribution is 0.671. The molecule has 4 heterocycles. The maximum atomic E-state index is 6.82. The Morgan fingerprint density at radius 3 is 1.86 bits per heavy atom. The Bertz CT molecular complexity index is 3080. The molecule has 4 nitrogen and oxygen atoms in total. The van der Waals surface area contributed by atoms with Crippen molar-refractivity contribution >= 4 is 75.3 Å². The van der Waals surface area contributed by atoms with E-state index < -0.39 is 0 Å². The highest BCUT2D eigenvalue weighted by atomic mass is 32.1. The quantitative estimate of drug-likeness (QED) is 0.187. The van der Waals surface area contributed by atoms with Crippen LogP contribution in [0.1, 0.15) is 0 Å². The van der Waals surface area contributed by atoms with E-state index in [4.69, 9.17) is 14.4 Å². The lowest BCUT2D eigenvalue weighted by Crippen LogP contribution is -2.04. The molecule has 11 aromatic rings. The van der Waals surface area contributed by atoms with Gasteiger partial charge in [0.25, 0.3) is 0 Å². The van der Waals surface area contributed by atoms with Crippen LogP contribution < -0.4 is 0 Å². The summed E-state index contributed by atoms with van der Waals surface area (Å²) in [5.41, 5.74) is 9.75. The smallest absolute Gasteiger partial charge is 0.235 e. The van der Waals surface area contributed by atoms with Gasteiger partial charge < -0.3 is 4.42 Å². The van der Waals surface area contributed by atoms with Crippen molar-refractivity contribution in [2.45, 2.75) is 0 Å². The molecular weight excluding hydrogens is 643 g/mol. The minimum atomic E-state index is 0.597. The molecule has 0 fully saturated rings. The Kier molecular flexibility index (Phi) is 6.09. The largest absolute Gasteiger partial charge is 0.454 e. The number of thiophene rings is 1. The van der Waals surface area contributed by atoms with Crippen molar-refractivity contribution in [2.24, 2.45) is 0 Å². The molecule has 0 spiro atoms. The topological polar surface area (TPSA) is 43.9 Å². The van der Waals surface area contributed by atoms with Crippen LogP contribution in [0.2, 0.25) is 0 Å². The van der Waals surface area contributed by atoms with Gasteiger partial charge in [-0.2, -0.15) is 0 Å². The highest BCUT2D eigenvalue weighted by Gasteiger charge is 2.25. The first-order chi connectivity index (χ1) is 25.3. The molecule has 0 aliphatic heterocycles. The van der Waals surface area contributed by atoms with Crippen molar-refractivity contribution in [2.75, 3.05) is 0 Å². The number of nitrogens with zero attached hydrogens (tertiary/aromatic N) is 3. The lowest BCUT2D eigenvalue weighted by Gasteiger charge is -2.12. The molecule has 238 valence electrons. The molecule has 7 aromatic carbocycles. The Morgan fingerprint density at radius 2 is 1.10 bits per heavy atom. The fourth-order valence-electron chi connectivity index (χ4n) is 7.71. The summed E-state index contributed by atoms with van der Waals surface area (Å²) in [4.78, 5) is 10.6. The van der Waals surface area contributed by atoms with Crippen LogP contribution in [0.15, 0.2) is 168 Å². The van der Waals surface area contributed by atoms with Gasteiger partial charge in [0.15, 0.2) is 5.58 Å². The SMILES string of the molecule is c1ccc(-c2cc(-c3ccccc3)nc(-n3c4ccccc4c4c(-c5ccc6sc7ccccc7c6c5)cc5c6ccccc6oc5c43)n2)cc1. The Morgan fingerprint density at radius 1 is 0.471 bits per heavy atom. The summed E-state index contributed by atoms with van der Waals surface area (Å²) in [6.45, 7) is 0. The molecule has 0 radical (unpaired) electrons. The summed E-state index contributed by atoms with van der Waals surface area (Å²) < 4.78 is 11.6. The molecule has 0 N–H and O–H groups in total. The van der Waals surface area contributed by atoms with E-state index in [-0.39, 0.29) is 0 Å². The summed E-state index contributed by atoms with van der Waals surface area (Å²) in [5.74, 6) is 0.597. The number of hydrogen-bond acceptors (Lipinski definition) is 4. The zero-order valence-electron chi connectivity index (χ0n) is 27.2. The van der Waals surface area contributed by atoms with E-state index in [1.54, 1.807) is 0 Å². The molecule has 0 unspecified atom stereocenters. The predicted molar refractivity (Wildman–Crippen MR) is 213 cm³/mol. The zero-order chi connectivity index (χ0) is 33.5. The summed E-state index contributed by atoms with van der Waals surface area (Å²) in [7, 11) is 0. The predicted octanol–water partition coefficient (Wildman–Crippen LogP) is 12.8. The van der Waals surface area contributed by atoms with Crippen molar-refractivity contribution in [3.05, 3.63) is 164 Å². The number of benzene rings is 7. The average molecular weight is 670 g/mol. The van der Waals surface area contributed by atoms with E-state index in [1.165, 1.54) is 20.2 Å². The standard InChI is InChI=1S/C46H27N3OS/c1-3-13-28(14-4-1)37-27-38(29-15-5-2-6-16-29)48-46(47-37)49-39-20-10-7-19-33(39)43-34(26-36-31-17-8-11-21-40(31)50-45(36)44(43)49)30-23-24-42-35(25-30)32-18-9-12-22-41(32)51-42/h1-27H. The van der Waals surface area contributed by atoms with Gasteiger partial charge in [-0.3, -0.25) is 4.57 Å². The summed E-state index contributed by atoms with van der Waals surface area (Å²) in [6.07, 6.45) is 0. The second kappa shape index (κ2) is 11.0. The Hall–Kier alpha value is -6.56. The third-order valence-electron chi connectivity index (χ3n) is 10.0. The average Bonchev–Trinajstić information content (AvgIpc) is 3.88. The second-order valence-electron chi connectivity index (χ2n) is 13.0. The monoisotopic (exact) mass is 669 g/mol. The minimum absolute atomic E-state index is 0.597. The molecule has 5 heteroatoms. The van der Waals surface area contributed by atoms with Gasteiger partial charge in [-0.05, 0) is 53.6 Å². The molecule has 4 aromatic heterocycles. The van der Waals surface area contributed by atoms with E-state index in [0.717, 1.165) is 77.4 Å². The molecule has 51 heavy (non-hydrogen) atoms. The van der Waals surface area contributed by atoms with Crippen LogP contribution in [0, 0.1) is 0 Å². The number of para-hydroxylation sites is 2. The molecule has 0 saturated carbocycles. The van der Waals surface area contributed by atoms with E-state index in [9.17, 15) is 0 Å². The van der Waals surface area contributed by atoms with Gasteiger partial charge in [0.2, 0.25) is 5.95 Å². The number of aromatic nitrogens is 3. The first-order valence-corrected chi connectivity index (χ1v) is 17.9. The highest BCUT2D eigenvalue weighted by molar-refractivity contribution is 7.25. The van der Waals surface area contributed by atoms with E-state index in [1.807, 2.05) is 29.5 Å². The maximum Gasteiger partial charge on any atom is 0.235 e. The van der Waals surface area contributed by atoms with Gasteiger partial charge in [-0.15, -0.1) is 11.3 Å². The lowest BCUT2D eigenvalue weighted by atomic mass is 9.95. The van der Waals surface area contributed by atoms with Gasteiger partial charge in [0.05, 0.1) is 16.9 Å². The molecular formula is C46H27N3OS. The first-order valence-electron chi connectivity index (χ1n) is 17.1. The Labute approximate surface area is 296 Å². The summed E-state index contributed by atoms with van der Waals surface area (Å²) in [6, 6.07) is 57.6. The fourth-order valence-corrected chi connectivity index (χ4v) is 8.79. The van der Waals surface area contributed by atoms with Crippen LogP contribution in [0.3, 0.4) is 0 Å². The van der Waals surface area contributed by atoms with Crippen molar-refractivity contribution in [3.8, 4) is 39.6 Å². The van der Waals surface area contributed by atoms with Gasteiger partial charge in [0, 0.05) is 52.8 Å². The fraction of sp³-hybridized carbons (Fsp3) is 0. The number of furan rings is 1. The van der Waals surface area contributed by atoms with E-state index in [2.05, 4.69) is 150 Å².